The fourth-order valence-corrected chi connectivity index (χ4v) is 2.59. The zero-order valence-corrected chi connectivity index (χ0v) is 12.1. The molecule has 0 bridgehead atoms. The minimum Gasteiger partial charge on any atom is -0.313 e. The van der Waals surface area contributed by atoms with E-state index >= 15 is 0 Å². The SMILES string of the molecule is C=C(CNCCC)Cn1c2c(ccc1=O)C(=O)CCC2. The van der Waals surface area contributed by atoms with Gasteiger partial charge in [-0.25, -0.2) is 0 Å². The molecule has 4 heteroatoms. The quantitative estimate of drug-likeness (QED) is 0.637. The number of fused-ring (bicyclic) bond motifs is 1. The molecule has 0 saturated heterocycles. The van der Waals surface area contributed by atoms with E-state index in [-0.39, 0.29) is 11.3 Å². The maximum atomic E-state index is 12.1. The molecule has 0 aromatic carbocycles. The third-order valence-electron chi connectivity index (χ3n) is 3.60. The minimum atomic E-state index is -0.0462. The van der Waals surface area contributed by atoms with E-state index in [1.54, 1.807) is 10.6 Å². The number of rotatable bonds is 6. The minimum absolute atomic E-state index is 0.0462. The van der Waals surface area contributed by atoms with Crippen LogP contribution in [0.15, 0.2) is 29.1 Å². The number of hydrogen-bond acceptors (Lipinski definition) is 3. The van der Waals surface area contributed by atoms with Gasteiger partial charge in [-0.2, -0.15) is 0 Å². The molecule has 0 saturated carbocycles. The summed E-state index contributed by atoms with van der Waals surface area (Å²) in [4.78, 5) is 23.9. The van der Waals surface area contributed by atoms with Gasteiger partial charge in [0.1, 0.15) is 0 Å². The number of nitrogens with one attached hydrogen (secondary N) is 1. The van der Waals surface area contributed by atoms with Crippen LogP contribution in [0.5, 0.6) is 0 Å². The van der Waals surface area contributed by atoms with E-state index < -0.39 is 0 Å². The molecular weight excluding hydrogens is 252 g/mol. The topological polar surface area (TPSA) is 51.1 Å². The standard InChI is InChI=1S/C16H22N2O2/c1-3-9-17-10-12(2)11-18-14-5-4-6-15(19)13(14)7-8-16(18)20/h7-8,17H,2-6,9-11H2,1H3. The Balaban J connectivity index is 2.19. The molecule has 0 aliphatic heterocycles. The average Bonchev–Trinajstić information content (AvgIpc) is 2.43. The van der Waals surface area contributed by atoms with Crippen LogP contribution in [-0.2, 0) is 13.0 Å². The van der Waals surface area contributed by atoms with Gasteiger partial charge in [-0.15, -0.1) is 0 Å². The summed E-state index contributed by atoms with van der Waals surface area (Å²) >= 11 is 0. The summed E-state index contributed by atoms with van der Waals surface area (Å²) in [6.45, 7) is 8.28. The van der Waals surface area contributed by atoms with Crippen LogP contribution < -0.4 is 10.9 Å². The van der Waals surface area contributed by atoms with Crippen LogP contribution in [0.25, 0.3) is 0 Å². The van der Waals surface area contributed by atoms with Gasteiger partial charge in [0.15, 0.2) is 5.78 Å². The van der Waals surface area contributed by atoms with Crippen LogP contribution in [0.1, 0.15) is 42.2 Å². The van der Waals surface area contributed by atoms with Crippen LogP contribution in [0.2, 0.25) is 0 Å². The summed E-state index contributed by atoms with van der Waals surface area (Å²) in [5, 5.41) is 3.28. The van der Waals surface area contributed by atoms with Gasteiger partial charge in [-0.1, -0.05) is 13.5 Å². The molecule has 20 heavy (non-hydrogen) atoms. The van der Waals surface area contributed by atoms with E-state index in [1.165, 1.54) is 6.07 Å². The third-order valence-corrected chi connectivity index (χ3v) is 3.60. The fraction of sp³-hybridized carbons (Fsp3) is 0.500. The second-order valence-corrected chi connectivity index (χ2v) is 5.32. The highest BCUT2D eigenvalue weighted by molar-refractivity contribution is 5.97. The van der Waals surface area contributed by atoms with Crippen LogP contribution in [0.3, 0.4) is 0 Å². The molecule has 4 nitrogen and oxygen atoms in total. The Kier molecular flexibility index (Phi) is 4.90. The Morgan fingerprint density at radius 1 is 1.35 bits per heavy atom. The summed E-state index contributed by atoms with van der Waals surface area (Å²) in [6.07, 6.45) is 3.29. The van der Waals surface area contributed by atoms with Gasteiger partial charge >= 0.3 is 0 Å². The summed E-state index contributed by atoms with van der Waals surface area (Å²) in [6, 6.07) is 3.17. The van der Waals surface area contributed by atoms with Gasteiger partial charge in [0.25, 0.3) is 5.56 Å². The second kappa shape index (κ2) is 6.66. The first kappa shape index (κ1) is 14.7. The van der Waals surface area contributed by atoms with E-state index in [1.807, 2.05) is 0 Å². The molecule has 108 valence electrons. The number of Topliss-reactive ketones (excluding diaryl/α,β-unsaturated/α-hetero) is 1. The lowest BCUT2D eigenvalue weighted by Crippen LogP contribution is -2.30. The number of hydrogen-bond donors (Lipinski definition) is 1. The molecule has 0 fully saturated rings. The first-order chi connectivity index (χ1) is 9.63. The lowest BCUT2D eigenvalue weighted by Gasteiger charge is -2.20. The van der Waals surface area contributed by atoms with Crippen molar-refractivity contribution in [1.29, 1.82) is 0 Å². The van der Waals surface area contributed by atoms with Gasteiger partial charge in [0.05, 0.1) is 0 Å². The van der Waals surface area contributed by atoms with Crippen molar-refractivity contribution in [3.05, 3.63) is 45.9 Å². The smallest absolute Gasteiger partial charge is 0.251 e. The third kappa shape index (κ3) is 3.25. The van der Waals surface area contributed by atoms with E-state index in [9.17, 15) is 9.59 Å². The van der Waals surface area contributed by atoms with Crippen molar-refractivity contribution >= 4 is 5.78 Å². The van der Waals surface area contributed by atoms with Gasteiger partial charge in [-0.3, -0.25) is 9.59 Å². The Morgan fingerprint density at radius 2 is 2.15 bits per heavy atom. The van der Waals surface area contributed by atoms with E-state index in [4.69, 9.17) is 0 Å². The number of ketones is 1. The zero-order chi connectivity index (χ0) is 14.5. The van der Waals surface area contributed by atoms with E-state index in [2.05, 4.69) is 18.8 Å². The number of carbonyl (C=O) groups is 1. The molecule has 1 aliphatic rings. The molecule has 0 spiro atoms. The van der Waals surface area contributed by atoms with Crippen molar-refractivity contribution in [3.8, 4) is 0 Å². The first-order valence-corrected chi connectivity index (χ1v) is 7.26. The second-order valence-electron chi connectivity index (χ2n) is 5.32. The Labute approximate surface area is 119 Å². The Bertz CT molecular complexity index is 572. The lowest BCUT2D eigenvalue weighted by molar-refractivity contribution is 0.0970. The highest BCUT2D eigenvalue weighted by Crippen LogP contribution is 2.20. The summed E-state index contributed by atoms with van der Waals surface area (Å²) in [5.74, 6) is 0.148. The molecule has 1 heterocycles. The first-order valence-electron chi connectivity index (χ1n) is 7.26. The van der Waals surface area contributed by atoms with Crippen molar-refractivity contribution in [3.63, 3.8) is 0 Å². The molecule has 1 aromatic heterocycles. The van der Waals surface area contributed by atoms with Gasteiger partial charge in [0.2, 0.25) is 0 Å². The molecular formula is C16H22N2O2. The molecule has 0 unspecified atom stereocenters. The van der Waals surface area contributed by atoms with Crippen molar-refractivity contribution in [2.75, 3.05) is 13.1 Å². The maximum absolute atomic E-state index is 12.1. The van der Waals surface area contributed by atoms with Crippen molar-refractivity contribution < 1.29 is 4.79 Å². The number of nitrogens with zero attached hydrogens (tertiary/aromatic N) is 1. The van der Waals surface area contributed by atoms with Gasteiger partial charge in [0, 0.05) is 36.8 Å². The van der Waals surface area contributed by atoms with Crippen LogP contribution in [0, 0.1) is 0 Å². The summed E-state index contributed by atoms with van der Waals surface area (Å²) < 4.78 is 1.71. The summed E-state index contributed by atoms with van der Waals surface area (Å²) in [5.41, 5.74) is 2.51. The van der Waals surface area contributed by atoms with Crippen molar-refractivity contribution in [2.45, 2.75) is 39.2 Å². The normalized spacial score (nSPS) is 14.2. The Morgan fingerprint density at radius 3 is 2.90 bits per heavy atom. The zero-order valence-electron chi connectivity index (χ0n) is 12.1. The fourth-order valence-electron chi connectivity index (χ4n) is 2.59. The number of pyridine rings is 1. The molecule has 1 N–H and O–H groups in total. The van der Waals surface area contributed by atoms with Crippen LogP contribution >= 0.6 is 0 Å². The summed E-state index contributed by atoms with van der Waals surface area (Å²) in [7, 11) is 0. The highest BCUT2D eigenvalue weighted by Gasteiger charge is 2.20. The van der Waals surface area contributed by atoms with Crippen LogP contribution in [0.4, 0.5) is 0 Å². The molecule has 1 aromatic rings. The van der Waals surface area contributed by atoms with Crippen LogP contribution in [-0.4, -0.2) is 23.4 Å². The van der Waals surface area contributed by atoms with Gasteiger partial charge < -0.3 is 9.88 Å². The predicted octanol–water partition coefficient (Wildman–Crippen LogP) is 1.92. The molecule has 0 atom stereocenters. The highest BCUT2D eigenvalue weighted by atomic mass is 16.1. The Hall–Kier alpha value is -1.68. The van der Waals surface area contributed by atoms with Gasteiger partial charge in [-0.05, 0) is 37.4 Å². The maximum Gasteiger partial charge on any atom is 0.251 e. The van der Waals surface area contributed by atoms with Crippen molar-refractivity contribution in [1.82, 2.24) is 9.88 Å². The molecule has 0 amide bonds. The molecule has 0 radical (unpaired) electrons. The number of carbonyl (C=O) groups excluding carboxylic acids is 1. The largest absolute Gasteiger partial charge is 0.313 e. The van der Waals surface area contributed by atoms with E-state index in [0.717, 1.165) is 37.1 Å². The van der Waals surface area contributed by atoms with E-state index in [0.29, 0.717) is 25.1 Å². The van der Waals surface area contributed by atoms with Crippen molar-refractivity contribution in [2.24, 2.45) is 0 Å². The average molecular weight is 274 g/mol. The molecule has 2 rings (SSSR count). The lowest BCUT2D eigenvalue weighted by atomic mass is 9.94. The number of aromatic nitrogens is 1. The predicted molar refractivity (Wildman–Crippen MR) is 80.3 cm³/mol. The monoisotopic (exact) mass is 274 g/mol. The molecule has 1 aliphatic carbocycles.